The van der Waals surface area contributed by atoms with Gasteiger partial charge in [0, 0.05) is 18.6 Å². The van der Waals surface area contributed by atoms with E-state index in [0.29, 0.717) is 16.0 Å². The van der Waals surface area contributed by atoms with Crippen LogP contribution in [0.5, 0.6) is 11.5 Å². The summed E-state index contributed by atoms with van der Waals surface area (Å²) in [6, 6.07) is 1.75. The van der Waals surface area contributed by atoms with E-state index in [-0.39, 0.29) is 18.6 Å². The summed E-state index contributed by atoms with van der Waals surface area (Å²) in [5, 5.41) is 20.1. The topological polar surface area (TPSA) is 105 Å². The number of ether oxygens (including phenoxy) is 2. The lowest BCUT2D eigenvalue weighted by molar-refractivity contribution is -0.139. The molecule has 21 heavy (non-hydrogen) atoms. The van der Waals surface area contributed by atoms with Crippen LogP contribution in [0.25, 0.3) is 0 Å². The van der Waals surface area contributed by atoms with Gasteiger partial charge in [-0.25, -0.2) is 4.79 Å². The standard InChI is InChI=1S/C13H16BrNO6/c1-20-9-5-7(6-10(21-2)11(9)14)12(17)15-8(3-4-16)13(18)19/h5-6,8,16H,3-4H2,1-2H3,(H,15,17)(H,18,19)/t8-/m1/s1. The van der Waals surface area contributed by atoms with E-state index < -0.39 is 17.9 Å². The highest BCUT2D eigenvalue weighted by atomic mass is 79.9. The number of carboxylic acids is 1. The fourth-order valence-electron chi connectivity index (χ4n) is 1.63. The molecule has 8 heteroatoms. The van der Waals surface area contributed by atoms with Crippen LogP contribution in [-0.4, -0.2) is 49.0 Å². The molecule has 0 bridgehead atoms. The summed E-state index contributed by atoms with van der Waals surface area (Å²) in [5.41, 5.74) is 0.191. The molecule has 0 radical (unpaired) electrons. The number of benzene rings is 1. The number of hydrogen-bond donors (Lipinski definition) is 3. The molecule has 0 spiro atoms. The Morgan fingerprint density at radius 3 is 2.19 bits per heavy atom. The normalized spacial score (nSPS) is 11.6. The van der Waals surface area contributed by atoms with E-state index in [1.807, 2.05) is 0 Å². The quantitative estimate of drug-likeness (QED) is 0.669. The summed E-state index contributed by atoms with van der Waals surface area (Å²) in [4.78, 5) is 23.1. The molecule has 0 heterocycles. The fraction of sp³-hybridized carbons (Fsp3) is 0.385. The molecule has 0 fully saturated rings. The molecule has 0 unspecified atom stereocenters. The van der Waals surface area contributed by atoms with E-state index in [2.05, 4.69) is 21.2 Å². The van der Waals surface area contributed by atoms with Gasteiger partial charge in [0.1, 0.15) is 22.0 Å². The average molecular weight is 362 g/mol. The first-order valence-electron chi connectivity index (χ1n) is 6.00. The lowest BCUT2D eigenvalue weighted by atomic mass is 10.1. The number of aliphatic carboxylic acids is 1. The number of rotatable bonds is 7. The van der Waals surface area contributed by atoms with Gasteiger partial charge in [-0.2, -0.15) is 0 Å². The average Bonchev–Trinajstić information content (AvgIpc) is 2.46. The molecule has 0 aliphatic carbocycles. The maximum Gasteiger partial charge on any atom is 0.326 e. The maximum atomic E-state index is 12.1. The molecule has 1 rings (SSSR count). The van der Waals surface area contributed by atoms with Crippen LogP contribution in [0.4, 0.5) is 0 Å². The van der Waals surface area contributed by atoms with Gasteiger partial charge in [-0.3, -0.25) is 4.79 Å². The molecule has 0 saturated carbocycles. The second-order valence-corrected chi connectivity index (χ2v) is 4.86. The van der Waals surface area contributed by atoms with Gasteiger partial charge in [-0.05, 0) is 28.1 Å². The van der Waals surface area contributed by atoms with Gasteiger partial charge in [0.2, 0.25) is 0 Å². The minimum absolute atomic E-state index is 0.0775. The van der Waals surface area contributed by atoms with Crippen molar-refractivity contribution in [3.63, 3.8) is 0 Å². The number of aliphatic hydroxyl groups is 1. The third-order valence-corrected chi connectivity index (χ3v) is 3.51. The van der Waals surface area contributed by atoms with Gasteiger partial charge < -0.3 is 25.0 Å². The maximum absolute atomic E-state index is 12.1. The van der Waals surface area contributed by atoms with E-state index >= 15 is 0 Å². The van der Waals surface area contributed by atoms with Crippen molar-refractivity contribution in [1.29, 1.82) is 0 Å². The second kappa shape index (κ2) is 7.84. The van der Waals surface area contributed by atoms with Crippen molar-refractivity contribution in [3.8, 4) is 11.5 Å². The zero-order valence-corrected chi connectivity index (χ0v) is 13.1. The number of carbonyl (C=O) groups is 2. The van der Waals surface area contributed by atoms with Crippen molar-refractivity contribution in [2.75, 3.05) is 20.8 Å². The Morgan fingerprint density at radius 1 is 1.29 bits per heavy atom. The van der Waals surface area contributed by atoms with Gasteiger partial charge >= 0.3 is 5.97 Å². The van der Waals surface area contributed by atoms with Crippen molar-refractivity contribution in [2.24, 2.45) is 0 Å². The van der Waals surface area contributed by atoms with Crippen molar-refractivity contribution in [2.45, 2.75) is 12.5 Å². The monoisotopic (exact) mass is 361 g/mol. The number of carboxylic acid groups (broad SMARTS) is 1. The molecule has 1 aromatic carbocycles. The van der Waals surface area contributed by atoms with Crippen molar-refractivity contribution in [1.82, 2.24) is 5.32 Å². The number of hydrogen-bond acceptors (Lipinski definition) is 5. The van der Waals surface area contributed by atoms with E-state index in [4.69, 9.17) is 19.7 Å². The Hall–Kier alpha value is -1.80. The largest absolute Gasteiger partial charge is 0.495 e. The van der Waals surface area contributed by atoms with Crippen LogP contribution in [-0.2, 0) is 4.79 Å². The summed E-state index contributed by atoms with van der Waals surface area (Å²) in [6.45, 7) is -0.343. The molecular weight excluding hydrogens is 346 g/mol. The van der Waals surface area contributed by atoms with Crippen LogP contribution < -0.4 is 14.8 Å². The van der Waals surface area contributed by atoms with Gasteiger partial charge in [0.05, 0.1) is 14.2 Å². The molecule has 7 nitrogen and oxygen atoms in total. The number of halogens is 1. The minimum Gasteiger partial charge on any atom is -0.495 e. The van der Waals surface area contributed by atoms with E-state index in [1.54, 1.807) is 0 Å². The summed E-state index contributed by atoms with van der Waals surface area (Å²) >= 11 is 3.27. The van der Waals surface area contributed by atoms with Crippen LogP contribution in [0.2, 0.25) is 0 Å². The SMILES string of the molecule is COc1cc(C(=O)N[C@H](CCO)C(=O)O)cc(OC)c1Br. The summed E-state index contributed by atoms with van der Waals surface area (Å²) < 4.78 is 10.8. The number of methoxy groups -OCH3 is 2. The van der Waals surface area contributed by atoms with Gasteiger partial charge in [0.15, 0.2) is 0 Å². The van der Waals surface area contributed by atoms with Gasteiger partial charge in [-0.1, -0.05) is 0 Å². The Morgan fingerprint density at radius 2 is 1.81 bits per heavy atom. The molecule has 0 saturated heterocycles. The zero-order valence-electron chi connectivity index (χ0n) is 11.6. The number of nitrogens with one attached hydrogen (secondary N) is 1. The smallest absolute Gasteiger partial charge is 0.326 e. The molecule has 0 aliphatic heterocycles. The highest BCUT2D eigenvalue weighted by molar-refractivity contribution is 9.10. The Kier molecular flexibility index (Phi) is 6.44. The number of carbonyl (C=O) groups excluding carboxylic acids is 1. The lowest BCUT2D eigenvalue weighted by Crippen LogP contribution is -2.41. The predicted molar refractivity (Wildman–Crippen MR) is 77.8 cm³/mol. The second-order valence-electron chi connectivity index (χ2n) is 4.07. The molecule has 0 aromatic heterocycles. The first kappa shape index (κ1) is 17.3. The first-order valence-corrected chi connectivity index (χ1v) is 6.80. The predicted octanol–water partition coefficient (Wildman–Crippen LogP) is 1.03. The van der Waals surface area contributed by atoms with Crippen LogP contribution in [0.1, 0.15) is 16.8 Å². The van der Waals surface area contributed by atoms with Crippen LogP contribution in [0, 0.1) is 0 Å². The Balaban J connectivity index is 3.04. The zero-order chi connectivity index (χ0) is 16.0. The molecular formula is C13H16BrNO6. The van der Waals surface area contributed by atoms with Gasteiger partial charge in [0.25, 0.3) is 5.91 Å². The summed E-state index contributed by atoms with van der Waals surface area (Å²) in [7, 11) is 2.88. The highest BCUT2D eigenvalue weighted by Crippen LogP contribution is 2.35. The Labute approximate surface area is 130 Å². The molecule has 116 valence electrons. The number of amides is 1. The molecule has 0 aliphatic rings. The molecule has 1 atom stereocenters. The van der Waals surface area contributed by atoms with Crippen molar-refractivity contribution >= 4 is 27.8 Å². The summed E-state index contributed by atoms with van der Waals surface area (Å²) in [6.07, 6.45) is -0.0775. The van der Waals surface area contributed by atoms with Gasteiger partial charge in [-0.15, -0.1) is 0 Å². The first-order chi connectivity index (χ1) is 9.94. The lowest BCUT2D eigenvalue weighted by Gasteiger charge is -2.15. The van der Waals surface area contributed by atoms with E-state index in [9.17, 15) is 9.59 Å². The van der Waals surface area contributed by atoms with Crippen molar-refractivity contribution < 1.29 is 29.3 Å². The molecule has 3 N–H and O–H groups in total. The number of aliphatic hydroxyl groups excluding tert-OH is 1. The Bertz CT molecular complexity index is 508. The molecule has 1 aromatic rings. The van der Waals surface area contributed by atoms with Crippen LogP contribution >= 0.6 is 15.9 Å². The highest BCUT2D eigenvalue weighted by Gasteiger charge is 2.21. The van der Waals surface area contributed by atoms with E-state index in [0.717, 1.165) is 0 Å². The fourth-order valence-corrected chi connectivity index (χ4v) is 2.18. The third-order valence-electron chi connectivity index (χ3n) is 2.73. The van der Waals surface area contributed by atoms with E-state index in [1.165, 1.54) is 26.4 Å². The summed E-state index contributed by atoms with van der Waals surface area (Å²) in [5.74, 6) is -1.05. The minimum atomic E-state index is -1.21. The van der Waals surface area contributed by atoms with Crippen LogP contribution in [0.3, 0.4) is 0 Å². The van der Waals surface area contributed by atoms with Crippen LogP contribution in [0.15, 0.2) is 16.6 Å². The molecule has 1 amide bonds. The third kappa shape index (κ3) is 4.33. The van der Waals surface area contributed by atoms with Crippen molar-refractivity contribution in [3.05, 3.63) is 22.2 Å².